The van der Waals surface area contributed by atoms with Gasteiger partial charge in [0.1, 0.15) is 5.78 Å². The second kappa shape index (κ2) is 15.8. The lowest BCUT2D eigenvalue weighted by atomic mass is 9.46. The Kier molecular flexibility index (Phi) is 11.7. The maximum atomic E-state index is 12.4. The smallest absolute Gasteiger partial charge is 0.315 e. The first kappa shape index (κ1) is 36.2. The van der Waals surface area contributed by atoms with E-state index in [2.05, 4.69) is 46.3 Å². The molecule has 9 unspecified atom stereocenters. The van der Waals surface area contributed by atoms with Crippen molar-refractivity contribution in [2.45, 2.75) is 134 Å². The molecule has 6 aliphatic rings. The van der Waals surface area contributed by atoms with Gasteiger partial charge in [0.25, 0.3) is 5.91 Å². The molecule has 49 heavy (non-hydrogen) atoms. The predicted molar refractivity (Wildman–Crippen MR) is 193 cm³/mol. The number of hydrogen-bond donors (Lipinski definition) is 4. The summed E-state index contributed by atoms with van der Waals surface area (Å²) in [6.07, 6.45) is 17.3. The molecule has 0 bridgehead atoms. The van der Waals surface area contributed by atoms with Gasteiger partial charge in [-0.05, 0) is 125 Å². The summed E-state index contributed by atoms with van der Waals surface area (Å²) in [6.45, 7) is 7.85. The number of ketones is 1. The monoisotopic (exact) mass is 697 g/mol. The summed E-state index contributed by atoms with van der Waals surface area (Å²) in [5.74, 6) is 3.63. The zero-order valence-corrected chi connectivity index (χ0v) is 30.8. The Morgan fingerprint density at radius 1 is 0.939 bits per heavy atom. The molecule has 9 atom stereocenters. The van der Waals surface area contributed by atoms with Crippen LogP contribution in [-0.4, -0.2) is 72.1 Å². The number of unbranched alkanes of at least 4 members (excludes halogenated alkanes) is 3. The zero-order valence-electron chi connectivity index (χ0n) is 30.0. The third-order valence-electron chi connectivity index (χ3n) is 13.4. The van der Waals surface area contributed by atoms with Crippen LogP contribution in [0.15, 0.2) is 16.8 Å². The zero-order chi connectivity index (χ0) is 34.6. The van der Waals surface area contributed by atoms with Crippen molar-refractivity contribution < 1.29 is 24.0 Å². The molecular formula is C38H59N5O5S. The van der Waals surface area contributed by atoms with Crippen molar-refractivity contribution in [1.82, 2.24) is 21.3 Å². The number of amides is 4. The van der Waals surface area contributed by atoms with Gasteiger partial charge < -0.3 is 26.1 Å². The minimum Gasteiger partial charge on any atom is -0.385 e. The highest BCUT2D eigenvalue weighted by molar-refractivity contribution is 8.00. The van der Waals surface area contributed by atoms with Crippen LogP contribution >= 0.6 is 11.8 Å². The van der Waals surface area contributed by atoms with E-state index in [0.717, 1.165) is 81.6 Å². The highest BCUT2D eigenvalue weighted by atomic mass is 32.2. The molecule has 4 aliphatic carbocycles. The number of fused-ring (bicyclic) bond motifs is 6. The molecule has 4 amide bonds. The lowest BCUT2D eigenvalue weighted by Crippen LogP contribution is -2.51. The number of rotatable bonds is 15. The van der Waals surface area contributed by atoms with Crippen LogP contribution in [0, 0.1) is 34.5 Å². The van der Waals surface area contributed by atoms with Gasteiger partial charge in [0, 0.05) is 36.4 Å². The Bertz CT molecular complexity index is 1320. The van der Waals surface area contributed by atoms with E-state index in [0.29, 0.717) is 42.4 Å². The Morgan fingerprint density at radius 2 is 1.73 bits per heavy atom. The van der Waals surface area contributed by atoms with Crippen LogP contribution in [0.25, 0.3) is 0 Å². The summed E-state index contributed by atoms with van der Waals surface area (Å²) in [5, 5.41) is 16.7. The molecule has 4 N–H and O–H groups in total. The van der Waals surface area contributed by atoms with E-state index < -0.39 is 0 Å². The number of carbonyl (C=O) groups excluding carboxylic acids is 4. The molecule has 0 spiro atoms. The first-order valence-corrected chi connectivity index (χ1v) is 20.3. The highest BCUT2D eigenvalue weighted by Crippen LogP contribution is 2.66. The van der Waals surface area contributed by atoms with Gasteiger partial charge in [-0.3, -0.25) is 14.4 Å². The van der Waals surface area contributed by atoms with E-state index in [1.54, 1.807) is 6.92 Å². The van der Waals surface area contributed by atoms with Crippen LogP contribution in [0.3, 0.4) is 0 Å². The standard InChI is InChI=1S/C38H59N5O5S/c1-24(44)28-13-14-29-27-12-11-25-21-26(15-17-37(25,2)30(27)16-18-38(28,29)3)43-48-22-34(46)40-20-8-4-7-19-39-33(45)10-6-5-9-32-35-31(23-49-32)41-36(47)42-35/h21,27-32,35H,4-20,22-23H2,1-3H3,(H,39,45)(H,40,46)(H2,41,42,47). The second-order valence-corrected chi connectivity index (χ2v) is 17.5. The highest BCUT2D eigenvalue weighted by Gasteiger charge is 2.59. The molecule has 2 aliphatic heterocycles. The molecule has 2 heterocycles. The SMILES string of the molecule is CC(=O)C1CCC2C3CCC4=CC(=NOCC(=O)NCCCCCNC(=O)CCCCC5SCC6NC(=O)NC65)CCC4(C)C3CCC12C. The van der Waals surface area contributed by atoms with Gasteiger partial charge in [-0.2, -0.15) is 11.8 Å². The number of hydrogen-bond acceptors (Lipinski definition) is 7. The number of thioether (sulfide) groups is 1. The van der Waals surface area contributed by atoms with Gasteiger partial charge in [0.2, 0.25) is 5.91 Å². The summed E-state index contributed by atoms with van der Waals surface area (Å²) >= 11 is 1.91. The number of oxime groups is 1. The molecule has 6 rings (SSSR count). The molecule has 0 aromatic rings. The van der Waals surface area contributed by atoms with Crippen molar-refractivity contribution in [3.05, 3.63) is 11.6 Å². The van der Waals surface area contributed by atoms with E-state index in [9.17, 15) is 19.2 Å². The molecule has 0 aromatic carbocycles. The van der Waals surface area contributed by atoms with Crippen molar-refractivity contribution in [3.8, 4) is 0 Å². The van der Waals surface area contributed by atoms with Crippen LogP contribution in [-0.2, 0) is 19.2 Å². The predicted octanol–water partition coefficient (Wildman–Crippen LogP) is 5.66. The molecule has 11 heteroatoms. The third-order valence-corrected chi connectivity index (χ3v) is 14.9. The number of nitrogens with zero attached hydrogens (tertiary/aromatic N) is 1. The van der Waals surface area contributed by atoms with Gasteiger partial charge in [0.05, 0.1) is 17.8 Å². The Labute approximate surface area is 296 Å². The average molecular weight is 698 g/mol. The van der Waals surface area contributed by atoms with Crippen molar-refractivity contribution in [2.24, 2.45) is 39.7 Å². The number of allylic oxidation sites excluding steroid dienone is 2. The van der Waals surface area contributed by atoms with Gasteiger partial charge in [-0.15, -0.1) is 0 Å². The summed E-state index contributed by atoms with van der Waals surface area (Å²) in [4.78, 5) is 54.0. The molecule has 0 radical (unpaired) electrons. The van der Waals surface area contributed by atoms with Gasteiger partial charge >= 0.3 is 6.03 Å². The summed E-state index contributed by atoms with van der Waals surface area (Å²) in [5.41, 5.74) is 2.84. The number of nitrogens with one attached hydrogen (secondary N) is 4. The number of carbonyl (C=O) groups is 4. The van der Waals surface area contributed by atoms with Crippen LogP contribution in [0.2, 0.25) is 0 Å². The maximum Gasteiger partial charge on any atom is 0.315 e. The van der Waals surface area contributed by atoms with Gasteiger partial charge in [0.15, 0.2) is 6.61 Å². The van der Waals surface area contributed by atoms with Crippen LogP contribution in [0.1, 0.15) is 117 Å². The molecule has 3 saturated carbocycles. The molecular weight excluding hydrogens is 639 g/mol. The second-order valence-electron chi connectivity index (χ2n) is 16.3. The number of urea groups is 1. The Morgan fingerprint density at radius 3 is 2.53 bits per heavy atom. The summed E-state index contributed by atoms with van der Waals surface area (Å²) in [7, 11) is 0. The normalized spacial score (nSPS) is 36.8. The topological polar surface area (TPSA) is 138 Å². The summed E-state index contributed by atoms with van der Waals surface area (Å²) in [6, 6.07) is 0.424. The van der Waals surface area contributed by atoms with Gasteiger partial charge in [-0.1, -0.05) is 31.0 Å². The van der Waals surface area contributed by atoms with Gasteiger partial charge in [-0.25, -0.2) is 4.79 Å². The minimum atomic E-state index is -0.157. The Hall–Kier alpha value is -2.56. The average Bonchev–Trinajstić information content (AvgIpc) is 3.74. The van der Waals surface area contributed by atoms with E-state index >= 15 is 0 Å². The fraction of sp³-hybridized carbons (Fsp3) is 0.816. The van der Waals surface area contributed by atoms with E-state index in [1.807, 2.05) is 11.8 Å². The van der Waals surface area contributed by atoms with Crippen LogP contribution < -0.4 is 21.3 Å². The third kappa shape index (κ3) is 8.01. The fourth-order valence-electron chi connectivity index (χ4n) is 10.8. The minimum absolute atomic E-state index is 0.0538. The lowest BCUT2D eigenvalue weighted by molar-refractivity contribution is -0.128. The quantitative estimate of drug-likeness (QED) is 0.0991. The molecule has 10 nitrogen and oxygen atoms in total. The molecule has 2 saturated heterocycles. The maximum absolute atomic E-state index is 12.4. The molecule has 5 fully saturated rings. The van der Waals surface area contributed by atoms with E-state index in [4.69, 9.17) is 4.84 Å². The number of Topliss-reactive ketones (excluding diaryl/α,β-unsaturated/α-hetero) is 1. The fourth-order valence-corrected chi connectivity index (χ4v) is 12.3. The van der Waals surface area contributed by atoms with Crippen molar-refractivity contribution in [1.29, 1.82) is 0 Å². The van der Waals surface area contributed by atoms with Crippen molar-refractivity contribution >= 4 is 41.1 Å². The van der Waals surface area contributed by atoms with Crippen LogP contribution in [0.5, 0.6) is 0 Å². The first-order chi connectivity index (χ1) is 23.6. The van der Waals surface area contributed by atoms with Crippen LogP contribution in [0.4, 0.5) is 4.79 Å². The lowest BCUT2D eigenvalue weighted by Gasteiger charge is -2.58. The molecule has 272 valence electrons. The first-order valence-electron chi connectivity index (χ1n) is 19.2. The largest absolute Gasteiger partial charge is 0.385 e. The van der Waals surface area contributed by atoms with Crippen molar-refractivity contribution in [2.75, 3.05) is 25.4 Å². The van der Waals surface area contributed by atoms with E-state index in [-0.39, 0.29) is 53.3 Å². The molecule has 0 aromatic heterocycles. The Balaban J connectivity index is 0.810. The summed E-state index contributed by atoms with van der Waals surface area (Å²) < 4.78 is 0. The van der Waals surface area contributed by atoms with E-state index in [1.165, 1.54) is 31.3 Å². The van der Waals surface area contributed by atoms with Crippen molar-refractivity contribution in [3.63, 3.8) is 0 Å².